The molecule has 0 aliphatic heterocycles. The van der Waals surface area contributed by atoms with Crippen molar-refractivity contribution in [1.29, 1.82) is 0 Å². The highest BCUT2D eigenvalue weighted by Crippen LogP contribution is 2.24. The Kier molecular flexibility index (Phi) is 2.28. The minimum Gasteiger partial charge on any atom is -0.398 e. The Morgan fingerprint density at radius 2 is 2.00 bits per heavy atom. The van der Waals surface area contributed by atoms with Crippen molar-refractivity contribution < 1.29 is 13.9 Å². The molecule has 66 valence electrons. The van der Waals surface area contributed by atoms with Crippen LogP contribution in [0.2, 0.25) is 0 Å². The molecule has 1 atom stereocenters. The zero-order chi connectivity index (χ0) is 9.30. The Morgan fingerprint density at radius 3 is 2.42 bits per heavy atom. The van der Waals surface area contributed by atoms with Crippen molar-refractivity contribution in [3.63, 3.8) is 0 Å². The predicted octanol–water partition coefficient (Wildman–Crippen LogP) is 1.60. The summed E-state index contributed by atoms with van der Waals surface area (Å²) < 4.78 is 25.4. The van der Waals surface area contributed by atoms with Crippen molar-refractivity contribution in [3.05, 3.63) is 29.3 Å². The lowest BCUT2D eigenvalue weighted by atomic mass is 10.1. The lowest BCUT2D eigenvalue weighted by molar-refractivity contribution is 0.195. The number of anilines is 1. The van der Waals surface area contributed by atoms with Crippen LogP contribution in [0.5, 0.6) is 0 Å². The summed E-state index contributed by atoms with van der Waals surface area (Å²) in [5.41, 5.74) is 5.16. The van der Waals surface area contributed by atoms with Gasteiger partial charge in [-0.15, -0.1) is 0 Å². The molecule has 1 aromatic carbocycles. The quantitative estimate of drug-likeness (QED) is 0.633. The number of aliphatic hydroxyl groups excluding tert-OH is 1. The van der Waals surface area contributed by atoms with Crippen molar-refractivity contribution in [2.75, 3.05) is 5.73 Å². The zero-order valence-corrected chi connectivity index (χ0v) is 6.51. The third-order valence-corrected chi connectivity index (χ3v) is 1.54. The second kappa shape index (κ2) is 3.06. The molecule has 0 aliphatic rings. The first-order chi connectivity index (χ1) is 5.52. The molecule has 0 heterocycles. The topological polar surface area (TPSA) is 46.2 Å². The number of aliphatic hydroxyl groups is 1. The number of hydrogen-bond acceptors (Lipinski definition) is 2. The van der Waals surface area contributed by atoms with E-state index in [-0.39, 0.29) is 11.3 Å². The number of nitrogens with two attached hydrogens (primary N) is 1. The van der Waals surface area contributed by atoms with Gasteiger partial charge in [-0.3, -0.25) is 0 Å². The smallest absolute Gasteiger partial charge is 0.133 e. The summed E-state index contributed by atoms with van der Waals surface area (Å²) in [4.78, 5) is 0. The maximum absolute atomic E-state index is 12.9. The van der Waals surface area contributed by atoms with Crippen LogP contribution in [0.1, 0.15) is 18.6 Å². The second-order valence-corrected chi connectivity index (χ2v) is 2.57. The van der Waals surface area contributed by atoms with E-state index in [4.69, 9.17) is 10.8 Å². The van der Waals surface area contributed by atoms with Crippen LogP contribution in [-0.2, 0) is 0 Å². The molecule has 1 rings (SSSR count). The van der Waals surface area contributed by atoms with Gasteiger partial charge in [0.2, 0.25) is 0 Å². The number of benzene rings is 1. The first-order valence-corrected chi connectivity index (χ1v) is 3.45. The van der Waals surface area contributed by atoms with E-state index in [0.717, 1.165) is 6.07 Å². The van der Waals surface area contributed by atoms with Crippen LogP contribution in [0.4, 0.5) is 14.5 Å². The van der Waals surface area contributed by atoms with E-state index in [9.17, 15) is 8.78 Å². The SMILES string of the molecule is C[C@@H](O)c1c(N)cc(F)cc1F. The molecule has 4 heteroatoms. The largest absolute Gasteiger partial charge is 0.398 e. The Morgan fingerprint density at radius 1 is 1.42 bits per heavy atom. The highest BCUT2D eigenvalue weighted by Gasteiger charge is 2.13. The van der Waals surface area contributed by atoms with Crippen LogP contribution in [0.15, 0.2) is 12.1 Å². The first kappa shape index (κ1) is 8.93. The molecule has 0 bridgehead atoms. The maximum atomic E-state index is 12.9. The van der Waals surface area contributed by atoms with Gasteiger partial charge in [0.15, 0.2) is 0 Å². The van der Waals surface area contributed by atoms with Gasteiger partial charge >= 0.3 is 0 Å². The molecule has 0 unspecified atom stereocenters. The Bertz CT molecular complexity index is 276. The molecule has 2 nitrogen and oxygen atoms in total. The Labute approximate surface area is 68.6 Å². The average molecular weight is 173 g/mol. The summed E-state index contributed by atoms with van der Waals surface area (Å²) in [5, 5.41) is 9.03. The van der Waals surface area contributed by atoms with E-state index in [0.29, 0.717) is 6.07 Å². The fourth-order valence-electron chi connectivity index (χ4n) is 1.05. The normalized spacial score (nSPS) is 13.0. The molecular formula is C8H9F2NO. The Hall–Kier alpha value is -1.16. The molecule has 0 aliphatic carbocycles. The van der Waals surface area contributed by atoms with Gasteiger partial charge in [-0.1, -0.05) is 0 Å². The van der Waals surface area contributed by atoms with Gasteiger partial charge in [-0.2, -0.15) is 0 Å². The molecular weight excluding hydrogens is 164 g/mol. The van der Waals surface area contributed by atoms with Crippen molar-refractivity contribution in [2.45, 2.75) is 13.0 Å². The number of nitrogen functional groups attached to an aromatic ring is 1. The predicted molar refractivity (Wildman–Crippen MR) is 41.4 cm³/mol. The van der Waals surface area contributed by atoms with Crippen molar-refractivity contribution in [1.82, 2.24) is 0 Å². The van der Waals surface area contributed by atoms with E-state index in [1.807, 2.05) is 0 Å². The average Bonchev–Trinajstić information content (AvgIpc) is 1.82. The maximum Gasteiger partial charge on any atom is 0.133 e. The fourth-order valence-corrected chi connectivity index (χ4v) is 1.05. The minimum absolute atomic E-state index is 0.0589. The van der Waals surface area contributed by atoms with Crippen LogP contribution in [-0.4, -0.2) is 5.11 Å². The van der Waals surface area contributed by atoms with Crippen LogP contribution in [0.3, 0.4) is 0 Å². The van der Waals surface area contributed by atoms with Gasteiger partial charge in [0, 0.05) is 17.3 Å². The molecule has 0 radical (unpaired) electrons. The monoisotopic (exact) mass is 173 g/mol. The van der Waals surface area contributed by atoms with Gasteiger partial charge in [0.25, 0.3) is 0 Å². The Balaban J connectivity index is 3.28. The number of halogens is 2. The van der Waals surface area contributed by atoms with Gasteiger partial charge < -0.3 is 10.8 Å². The standard InChI is InChI=1S/C8H9F2NO/c1-4(12)8-6(10)2-5(9)3-7(8)11/h2-4,12H,11H2,1H3/t4-/m1/s1. The molecule has 0 aromatic heterocycles. The molecule has 12 heavy (non-hydrogen) atoms. The molecule has 0 saturated carbocycles. The lowest BCUT2D eigenvalue weighted by Crippen LogP contribution is -2.02. The highest BCUT2D eigenvalue weighted by atomic mass is 19.1. The molecule has 0 spiro atoms. The fraction of sp³-hybridized carbons (Fsp3) is 0.250. The number of hydrogen-bond donors (Lipinski definition) is 2. The van der Waals surface area contributed by atoms with Gasteiger partial charge in [0.1, 0.15) is 11.6 Å². The van der Waals surface area contributed by atoms with Gasteiger partial charge in [0.05, 0.1) is 6.10 Å². The van der Waals surface area contributed by atoms with E-state index in [1.165, 1.54) is 6.92 Å². The van der Waals surface area contributed by atoms with Crippen LogP contribution in [0.25, 0.3) is 0 Å². The van der Waals surface area contributed by atoms with Crippen molar-refractivity contribution in [2.24, 2.45) is 0 Å². The summed E-state index contributed by atoms with van der Waals surface area (Å²) in [5.74, 6) is -1.56. The van der Waals surface area contributed by atoms with Crippen molar-refractivity contribution in [3.8, 4) is 0 Å². The summed E-state index contributed by atoms with van der Waals surface area (Å²) in [6.45, 7) is 1.37. The van der Waals surface area contributed by atoms with Crippen LogP contribution < -0.4 is 5.73 Å². The van der Waals surface area contributed by atoms with Crippen LogP contribution in [0, 0.1) is 11.6 Å². The molecule has 0 saturated heterocycles. The van der Waals surface area contributed by atoms with E-state index < -0.39 is 17.7 Å². The minimum atomic E-state index is -1.02. The number of rotatable bonds is 1. The van der Waals surface area contributed by atoms with E-state index in [2.05, 4.69) is 0 Å². The third kappa shape index (κ3) is 1.53. The molecule has 0 amide bonds. The lowest BCUT2D eigenvalue weighted by Gasteiger charge is -2.09. The summed E-state index contributed by atoms with van der Waals surface area (Å²) >= 11 is 0. The summed E-state index contributed by atoms with van der Waals surface area (Å²) in [6.07, 6.45) is -1.02. The van der Waals surface area contributed by atoms with E-state index >= 15 is 0 Å². The molecule has 1 aromatic rings. The van der Waals surface area contributed by atoms with E-state index in [1.54, 1.807) is 0 Å². The summed E-state index contributed by atoms with van der Waals surface area (Å²) in [6, 6.07) is 1.67. The third-order valence-electron chi connectivity index (χ3n) is 1.54. The van der Waals surface area contributed by atoms with Gasteiger partial charge in [-0.25, -0.2) is 8.78 Å². The second-order valence-electron chi connectivity index (χ2n) is 2.57. The van der Waals surface area contributed by atoms with Crippen molar-refractivity contribution >= 4 is 5.69 Å². The first-order valence-electron chi connectivity index (χ1n) is 3.45. The molecule has 0 fully saturated rings. The van der Waals surface area contributed by atoms with Gasteiger partial charge in [-0.05, 0) is 13.0 Å². The highest BCUT2D eigenvalue weighted by molar-refractivity contribution is 5.48. The summed E-state index contributed by atoms with van der Waals surface area (Å²) in [7, 11) is 0. The van der Waals surface area contributed by atoms with Crippen LogP contribution >= 0.6 is 0 Å². The molecule has 3 N–H and O–H groups in total. The zero-order valence-electron chi connectivity index (χ0n) is 6.51.